The van der Waals surface area contributed by atoms with Crippen LogP contribution in [0.4, 0.5) is 0 Å². The van der Waals surface area contributed by atoms with Crippen molar-refractivity contribution in [3.05, 3.63) is 71.3 Å². The number of hydrogen-bond acceptors (Lipinski definition) is 3. The van der Waals surface area contributed by atoms with Crippen molar-refractivity contribution in [3.8, 4) is 0 Å². The van der Waals surface area contributed by atoms with E-state index in [-0.39, 0.29) is 5.78 Å². The zero-order valence-corrected chi connectivity index (χ0v) is 21.3. The largest absolute Gasteiger partial charge is 0.437 e. The first-order chi connectivity index (χ1) is 12.9. The molecule has 152 valence electrons. The van der Waals surface area contributed by atoms with Crippen molar-refractivity contribution in [2.24, 2.45) is 0 Å². The summed E-state index contributed by atoms with van der Waals surface area (Å²) in [6.07, 6.45) is 0.798. The van der Waals surface area contributed by atoms with Crippen molar-refractivity contribution >= 4 is 31.0 Å². The van der Waals surface area contributed by atoms with E-state index in [2.05, 4.69) is 51.9 Å². The van der Waals surface area contributed by atoms with Gasteiger partial charge < -0.3 is 8.23 Å². The second-order valence-electron chi connectivity index (χ2n) is 9.41. The average molecular weight is 431 g/mol. The standard InChI is InChI=1S/C22H34O3Si3/c1-26(2,3)24-28(7,25-27(4,5)6)18-17-19-13-11-12-16-21(19)22(23)20-14-9-8-10-15-20/h8-16H,17-18H2,1-7H3. The van der Waals surface area contributed by atoms with E-state index in [0.29, 0.717) is 0 Å². The normalized spacial score (nSPS) is 12.8. The Morgan fingerprint density at radius 1 is 0.750 bits per heavy atom. The van der Waals surface area contributed by atoms with Crippen LogP contribution in [0.1, 0.15) is 21.5 Å². The van der Waals surface area contributed by atoms with Crippen molar-refractivity contribution in [3.63, 3.8) is 0 Å². The Morgan fingerprint density at radius 2 is 1.25 bits per heavy atom. The first kappa shape index (κ1) is 23.0. The van der Waals surface area contributed by atoms with E-state index < -0.39 is 25.2 Å². The molecule has 0 spiro atoms. The predicted molar refractivity (Wildman–Crippen MR) is 125 cm³/mol. The van der Waals surface area contributed by atoms with Crippen LogP contribution in [0.2, 0.25) is 51.9 Å². The zero-order valence-electron chi connectivity index (χ0n) is 18.3. The third-order valence-corrected chi connectivity index (χ3v) is 13.7. The monoisotopic (exact) mass is 430 g/mol. The Morgan fingerprint density at radius 3 is 1.79 bits per heavy atom. The second kappa shape index (κ2) is 9.00. The lowest BCUT2D eigenvalue weighted by atomic mass is 9.97. The van der Waals surface area contributed by atoms with Gasteiger partial charge in [-0.05, 0) is 63.9 Å². The van der Waals surface area contributed by atoms with Crippen molar-refractivity contribution < 1.29 is 13.0 Å². The first-order valence-corrected chi connectivity index (χ1v) is 19.3. The summed E-state index contributed by atoms with van der Waals surface area (Å²) in [6.45, 7) is 15.5. The highest BCUT2D eigenvalue weighted by Gasteiger charge is 2.40. The molecule has 2 rings (SSSR count). The molecule has 0 N–H and O–H groups in total. The number of carbonyl (C=O) groups excluding carboxylic acids is 1. The number of aryl methyl sites for hydroxylation is 1. The van der Waals surface area contributed by atoms with Crippen LogP contribution in [-0.4, -0.2) is 31.0 Å². The van der Waals surface area contributed by atoms with Gasteiger partial charge in [-0.15, -0.1) is 0 Å². The SMILES string of the molecule is C[Si](C)(C)O[Si](C)(CCc1ccccc1C(=O)c1ccccc1)O[Si](C)(C)C. The van der Waals surface area contributed by atoms with Crippen LogP contribution in [0, 0.1) is 0 Å². The van der Waals surface area contributed by atoms with E-state index in [4.69, 9.17) is 8.23 Å². The van der Waals surface area contributed by atoms with Crippen LogP contribution < -0.4 is 0 Å². The van der Waals surface area contributed by atoms with Crippen LogP contribution >= 0.6 is 0 Å². The van der Waals surface area contributed by atoms with Gasteiger partial charge in [0.05, 0.1) is 0 Å². The van der Waals surface area contributed by atoms with E-state index >= 15 is 0 Å². The highest BCUT2D eigenvalue weighted by Crippen LogP contribution is 2.27. The molecule has 0 saturated carbocycles. The fourth-order valence-corrected chi connectivity index (χ4v) is 15.9. The van der Waals surface area contributed by atoms with Gasteiger partial charge in [-0.2, -0.15) is 0 Å². The van der Waals surface area contributed by atoms with Crippen molar-refractivity contribution in [1.29, 1.82) is 0 Å². The molecule has 3 nitrogen and oxygen atoms in total. The molecule has 2 aromatic rings. The van der Waals surface area contributed by atoms with Gasteiger partial charge in [0.25, 0.3) is 0 Å². The van der Waals surface area contributed by atoms with Crippen LogP contribution in [0.25, 0.3) is 0 Å². The lowest BCUT2D eigenvalue weighted by molar-refractivity contribution is 0.103. The van der Waals surface area contributed by atoms with E-state index in [1.54, 1.807) is 0 Å². The summed E-state index contributed by atoms with van der Waals surface area (Å²) in [5.74, 6) is 0.0804. The molecule has 0 aliphatic rings. The minimum absolute atomic E-state index is 0.0804. The van der Waals surface area contributed by atoms with Gasteiger partial charge in [0.15, 0.2) is 22.4 Å². The summed E-state index contributed by atoms with van der Waals surface area (Å²) in [6, 6.07) is 18.3. The van der Waals surface area contributed by atoms with E-state index in [0.717, 1.165) is 29.2 Å². The Balaban J connectivity index is 2.25. The molecule has 0 aliphatic carbocycles. The minimum atomic E-state index is -2.33. The van der Waals surface area contributed by atoms with E-state index in [1.807, 2.05) is 48.5 Å². The predicted octanol–water partition coefficient (Wildman–Crippen LogP) is 6.24. The maximum absolute atomic E-state index is 13.0. The topological polar surface area (TPSA) is 35.5 Å². The molecule has 0 aromatic heterocycles. The Kier molecular flexibility index (Phi) is 7.38. The molecular weight excluding hydrogens is 396 g/mol. The highest BCUT2D eigenvalue weighted by atomic mass is 28.5. The first-order valence-electron chi connectivity index (χ1n) is 9.97. The third kappa shape index (κ3) is 7.25. The highest BCUT2D eigenvalue weighted by molar-refractivity contribution is 6.87. The number of rotatable bonds is 9. The smallest absolute Gasteiger partial charge is 0.314 e. The van der Waals surface area contributed by atoms with Crippen LogP contribution in [0.3, 0.4) is 0 Å². The number of ketones is 1. The molecule has 0 saturated heterocycles. The van der Waals surface area contributed by atoms with E-state index in [1.165, 1.54) is 0 Å². The minimum Gasteiger partial charge on any atom is -0.437 e. The van der Waals surface area contributed by atoms with Gasteiger partial charge in [-0.3, -0.25) is 4.79 Å². The van der Waals surface area contributed by atoms with Gasteiger partial charge in [-0.25, -0.2) is 0 Å². The fourth-order valence-electron chi connectivity index (χ4n) is 3.48. The number of carbonyl (C=O) groups is 1. The summed E-state index contributed by atoms with van der Waals surface area (Å²) in [5, 5.41) is 0. The molecule has 2 aromatic carbocycles. The van der Waals surface area contributed by atoms with Crippen LogP contribution in [-0.2, 0) is 14.7 Å². The van der Waals surface area contributed by atoms with Gasteiger partial charge in [0.1, 0.15) is 0 Å². The summed E-state index contributed by atoms with van der Waals surface area (Å²) < 4.78 is 13.2. The Bertz CT molecular complexity index is 777. The molecule has 6 heteroatoms. The lowest BCUT2D eigenvalue weighted by Crippen LogP contribution is -2.52. The molecule has 0 radical (unpaired) electrons. The molecule has 0 bridgehead atoms. The molecular formula is C22H34O3Si3. The fraction of sp³-hybridized carbons (Fsp3) is 0.409. The summed E-state index contributed by atoms with van der Waals surface area (Å²) >= 11 is 0. The average Bonchev–Trinajstić information content (AvgIpc) is 2.57. The van der Waals surface area contributed by atoms with Crippen molar-refractivity contribution in [2.75, 3.05) is 0 Å². The lowest BCUT2D eigenvalue weighted by Gasteiger charge is -2.38. The van der Waals surface area contributed by atoms with Crippen molar-refractivity contribution in [2.45, 2.75) is 58.3 Å². The third-order valence-electron chi connectivity index (χ3n) is 4.19. The summed E-state index contributed by atoms with van der Waals surface area (Å²) in [5.41, 5.74) is 2.59. The molecule has 0 amide bonds. The zero-order chi connectivity index (χ0) is 21.0. The molecule has 0 aliphatic heterocycles. The van der Waals surface area contributed by atoms with Crippen LogP contribution in [0.15, 0.2) is 54.6 Å². The quantitative estimate of drug-likeness (QED) is 0.349. The molecule has 0 fully saturated rings. The number of benzene rings is 2. The molecule has 0 unspecified atom stereocenters. The van der Waals surface area contributed by atoms with E-state index in [9.17, 15) is 4.79 Å². The van der Waals surface area contributed by atoms with Gasteiger partial charge in [-0.1, -0.05) is 54.6 Å². The van der Waals surface area contributed by atoms with Gasteiger partial charge >= 0.3 is 8.56 Å². The van der Waals surface area contributed by atoms with Crippen molar-refractivity contribution in [1.82, 2.24) is 0 Å². The summed E-state index contributed by atoms with van der Waals surface area (Å²) in [4.78, 5) is 13.0. The Hall–Kier alpha value is -1.32. The molecule has 28 heavy (non-hydrogen) atoms. The Labute approximate surface area is 173 Å². The second-order valence-corrected chi connectivity index (χ2v) is 22.3. The maximum Gasteiger partial charge on any atom is 0.314 e. The number of hydrogen-bond donors (Lipinski definition) is 0. The molecule has 0 heterocycles. The maximum atomic E-state index is 13.0. The van der Waals surface area contributed by atoms with Crippen LogP contribution in [0.5, 0.6) is 0 Å². The van der Waals surface area contributed by atoms with Gasteiger partial charge in [0, 0.05) is 11.1 Å². The summed E-state index contributed by atoms with van der Waals surface area (Å²) in [7, 11) is -5.78. The molecule has 0 atom stereocenters. The van der Waals surface area contributed by atoms with Gasteiger partial charge in [0.2, 0.25) is 0 Å².